The van der Waals surface area contributed by atoms with E-state index in [1.807, 2.05) is 0 Å². The van der Waals surface area contributed by atoms with E-state index in [1.54, 1.807) is 18.2 Å². The van der Waals surface area contributed by atoms with Crippen LogP contribution in [0.4, 0.5) is 8.78 Å². The highest BCUT2D eigenvalue weighted by molar-refractivity contribution is 5.46. The number of hydrogen-bond acceptors (Lipinski definition) is 1. The third-order valence-corrected chi connectivity index (χ3v) is 2.67. The highest BCUT2D eigenvalue weighted by atomic mass is 19.1. The number of benzene rings is 2. The van der Waals surface area contributed by atoms with Crippen molar-refractivity contribution >= 4 is 0 Å². The van der Waals surface area contributed by atoms with Crippen LogP contribution in [0.1, 0.15) is 16.7 Å². The SMILES string of the molecule is NCCc1cc(F)ccc1C#Cc1ccc(F)cc1. The minimum atomic E-state index is -0.296. The fourth-order valence-electron chi connectivity index (χ4n) is 1.72. The number of hydrogen-bond donors (Lipinski definition) is 1. The van der Waals surface area contributed by atoms with Gasteiger partial charge in [0.25, 0.3) is 0 Å². The minimum Gasteiger partial charge on any atom is -0.330 e. The van der Waals surface area contributed by atoms with Gasteiger partial charge in [0.2, 0.25) is 0 Å². The van der Waals surface area contributed by atoms with Crippen LogP contribution in [0.5, 0.6) is 0 Å². The lowest BCUT2D eigenvalue weighted by Crippen LogP contribution is -2.04. The predicted octanol–water partition coefficient (Wildman–Crippen LogP) is 2.87. The lowest BCUT2D eigenvalue weighted by molar-refractivity contribution is 0.625. The monoisotopic (exact) mass is 257 g/mol. The van der Waals surface area contributed by atoms with Crippen LogP contribution in [0, 0.1) is 23.5 Å². The molecule has 0 saturated carbocycles. The minimum absolute atomic E-state index is 0.295. The van der Waals surface area contributed by atoms with Crippen LogP contribution in [0.15, 0.2) is 42.5 Å². The van der Waals surface area contributed by atoms with E-state index in [2.05, 4.69) is 11.8 Å². The van der Waals surface area contributed by atoms with Gasteiger partial charge in [0.15, 0.2) is 0 Å². The highest BCUT2D eigenvalue weighted by Gasteiger charge is 2.01. The number of rotatable bonds is 2. The van der Waals surface area contributed by atoms with Gasteiger partial charge in [-0.3, -0.25) is 0 Å². The maximum Gasteiger partial charge on any atom is 0.123 e. The quantitative estimate of drug-likeness (QED) is 0.822. The molecule has 19 heavy (non-hydrogen) atoms. The zero-order valence-electron chi connectivity index (χ0n) is 10.3. The molecule has 1 nitrogen and oxygen atoms in total. The average Bonchev–Trinajstić information content (AvgIpc) is 2.40. The summed E-state index contributed by atoms with van der Waals surface area (Å²) in [5, 5.41) is 0. The Morgan fingerprint density at radius 3 is 2.26 bits per heavy atom. The number of nitrogens with two attached hydrogens (primary N) is 1. The van der Waals surface area contributed by atoms with Crippen molar-refractivity contribution in [3.05, 3.63) is 70.8 Å². The highest BCUT2D eigenvalue weighted by Crippen LogP contribution is 2.11. The normalized spacial score (nSPS) is 9.84. The van der Waals surface area contributed by atoms with Crippen molar-refractivity contribution < 1.29 is 8.78 Å². The molecule has 3 heteroatoms. The third-order valence-electron chi connectivity index (χ3n) is 2.67. The topological polar surface area (TPSA) is 26.0 Å². The molecule has 2 N–H and O–H groups in total. The van der Waals surface area contributed by atoms with E-state index in [9.17, 15) is 8.78 Å². The first-order valence-electron chi connectivity index (χ1n) is 5.95. The van der Waals surface area contributed by atoms with E-state index in [4.69, 9.17) is 5.73 Å². The van der Waals surface area contributed by atoms with Crippen LogP contribution in [0.3, 0.4) is 0 Å². The van der Waals surface area contributed by atoms with E-state index < -0.39 is 0 Å². The summed E-state index contributed by atoms with van der Waals surface area (Å²) in [4.78, 5) is 0. The van der Waals surface area contributed by atoms with Crippen LogP contribution in [0.2, 0.25) is 0 Å². The average molecular weight is 257 g/mol. The maximum absolute atomic E-state index is 13.1. The molecule has 0 spiro atoms. The van der Waals surface area contributed by atoms with Crippen LogP contribution >= 0.6 is 0 Å². The molecule has 0 saturated heterocycles. The summed E-state index contributed by atoms with van der Waals surface area (Å²) in [5.41, 5.74) is 7.74. The van der Waals surface area contributed by atoms with Crippen LogP contribution in [0.25, 0.3) is 0 Å². The Bertz CT molecular complexity index is 621. The van der Waals surface area contributed by atoms with E-state index >= 15 is 0 Å². The largest absolute Gasteiger partial charge is 0.330 e. The molecule has 0 unspecified atom stereocenters. The molecule has 96 valence electrons. The van der Waals surface area contributed by atoms with Crippen molar-refractivity contribution in [2.75, 3.05) is 6.54 Å². The summed E-state index contributed by atoms with van der Waals surface area (Å²) in [6, 6.07) is 10.4. The molecule has 0 heterocycles. The van der Waals surface area contributed by atoms with E-state index in [0.29, 0.717) is 18.5 Å². The Labute approximate surface area is 111 Å². The Morgan fingerprint density at radius 2 is 1.58 bits per heavy atom. The smallest absolute Gasteiger partial charge is 0.123 e. The third kappa shape index (κ3) is 3.64. The fourth-order valence-corrected chi connectivity index (χ4v) is 1.72. The lowest BCUT2D eigenvalue weighted by atomic mass is 10.0. The molecule has 0 amide bonds. The van der Waals surface area contributed by atoms with Crippen LogP contribution in [-0.4, -0.2) is 6.54 Å². The Kier molecular flexibility index (Phi) is 4.27. The Balaban J connectivity index is 2.30. The van der Waals surface area contributed by atoms with Crippen LogP contribution < -0.4 is 5.73 Å². The molecule has 0 aromatic heterocycles. The standard InChI is InChI=1S/C16H13F2N/c17-15-6-2-12(3-7-15)1-4-13-5-8-16(18)11-14(13)9-10-19/h2-3,5-8,11H,9-10,19H2. The van der Waals surface area contributed by atoms with Gasteiger partial charge in [-0.2, -0.15) is 0 Å². The van der Waals surface area contributed by atoms with Crippen molar-refractivity contribution in [1.82, 2.24) is 0 Å². The molecule has 0 aliphatic rings. The molecular weight excluding hydrogens is 244 g/mol. The molecule has 0 radical (unpaired) electrons. The van der Waals surface area contributed by atoms with Gasteiger partial charge in [-0.25, -0.2) is 8.78 Å². The molecule has 0 bridgehead atoms. The van der Waals surface area contributed by atoms with Crippen molar-refractivity contribution in [2.45, 2.75) is 6.42 Å². The first-order chi connectivity index (χ1) is 9.19. The summed E-state index contributed by atoms with van der Waals surface area (Å²) in [6.45, 7) is 0.439. The van der Waals surface area contributed by atoms with Gasteiger partial charge in [-0.05, 0) is 61.0 Å². The van der Waals surface area contributed by atoms with Crippen molar-refractivity contribution in [1.29, 1.82) is 0 Å². The van der Waals surface area contributed by atoms with Gasteiger partial charge >= 0.3 is 0 Å². The first kappa shape index (κ1) is 13.3. The second kappa shape index (κ2) is 6.12. The zero-order chi connectivity index (χ0) is 13.7. The molecular formula is C16H13F2N. The van der Waals surface area contributed by atoms with Crippen molar-refractivity contribution in [3.63, 3.8) is 0 Å². The molecule has 0 fully saturated rings. The summed E-state index contributed by atoms with van der Waals surface area (Å²) in [7, 11) is 0. The van der Waals surface area contributed by atoms with Gasteiger partial charge in [-0.1, -0.05) is 11.8 Å². The van der Waals surface area contributed by atoms with Crippen molar-refractivity contribution in [2.24, 2.45) is 5.73 Å². The van der Waals surface area contributed by atoms with Crippen molar-refractivity contribution in [3.8, 4) is 11.8 Å². The van der Waals surface area contributed by atoms with Gasteiger partial charge in [-0.15, -0.1) is 0 Å². The van der Waals surface area contributed by atoms with Gasteiger partial charge in [0, 0.05) is 11.1 Å². The molecule has 0 aliphatic carbocycles. The summed E-state index contributed by atoms with van der Waals surface area (Å²) < 4.78 is 25.9. The molecule has 2 aromatic carbocycles. The van der Waals surface area contributed by atoms with Gasteiger partial charge < -0.3 is 5.73 Å². The summed E-state index contributed by atoms with van der Waals surface area (Å²) in [6.07, 6.45) is 0.575. The number of halogens is 2. The van der Waals surface area contributed by atoms with E-state index in [0.717, 1.165) is 11.1 Å². The van der Waals surface area contributed by atoms with E-state index in [1.165, 1.54) is 24.3 Å². The Morgan fingerprint density at radius 1 is 0.895 bits per heavy atom. The molecule has 0 aliphatic heterocycles. The van der Waals surface area contributed by atoms with Crippen LogP contribution in [-0.2, 0) is 6.42 Å². The predicted molar refractivity (Wildman–Crippen MR) is 71.5 cm³/mol. The second-order valence-electron chi connectivity index (χ2n) is 4.10. The summed E-state index contributed by atoms with van der Waals surface area (Å²) in [5.74, 6) is 5.30. The maximum atomic E-state index is 13.1. The van der Waals surface area contributed by atoms with Gasteiger partial charge in [0.1, 0.15) is 11.6 Å². The van der Waals surface area contributed by atoms with Gasteiger partial charge in [0.05, 0.1) is 0 Å². The lowest BCUT2D eigenvalue weighted by Gasteiger charge is -2.02. The Hall–Kier alpha value is -2.18. The first-order valence-corrected chi connectivity index (χ1v) is 5.95. The molecule has 2 rings (SSSR count). The molecule has 2 aromatic rings. The molecule has 0 atom stereocenters. The second-order valence-corrected chi connectivity index (χ2v) is 4.10. The summed E-state index contributed by atoms with van der Waals surface area (Å²) >= 11 is 0. The zero-order valence-corrected chi connectivity index (χ0v) is 10.3. The van der Waals surface area contributed by atoms with E-state index in [-0.39, 0.29) is 11.6 Å². The fraction of sp³-hybridized carbons (Fsp3) is 0.125.